The van der Waals surface area contributed by atoms with Gasteiger partial charge >= 0.3 is 0 Å². The van der Waals surface area contributed by atoms with Crippen molar-refractivity contribution in [2.75, 3.05) is 0 Å². The van der Waals surface area contributed by atoms with Crippen LogP contribution in [0.2, 0.25) is 5.02 Å². The third-order valence-corrected chi connectivity index (χ3v) is 2.82. The van der Waals surface area contributed by atoms with Gasteiger partial charge in [0, 0.05) is 0 Å². The van der Waals surface area contributed by atoms with E-state index in [1.54, 1.807) is 18.4 Å². The molecule has 2 rings (SSSR count). The fourth-order valence-electron chi connectivity index (χ4n) is 1.63. The molecule has 1 heterocycles. The van der Waals surface area contributed by atoms with Gasteiger partial charge in [-0.3, -0.25) is 5.84 Å². The molecule has 5 heteroatoms. The maximum Gasteiger partial charge on any atom is 0.142 e. The summed E-state index contributed by atoms with van der Waals surface area (Å²) in [5.41, 5.74) is 3.44. The van der Waals surface area contributed by atoms with Crippen molar-refractivity contribution in [3.8, 4) is 0 Å². The van der Waals surface area contributed by atoms with Crippen molar-refractivity contribution in [3.63, 3.8) is 0 Å². The molecule has 2 aromatic rings. The van der Waals surface area contributed by atoms with Gasteiger partial charge in [0.25, 0.3) is 0 Å². The van der Waals surface area contributed by atoms with Gasteiger partial charge in [0.2, 0.25) is 0 Å². The normalized spacial score (nSPS) is 12.6. The molecule has 3 N–H and O–H groups in total. The van der Waals surface area contributed by atoms with Gasteiger partial charge in [0.05, 0.1) is 17.3 Å². The lowest BCUT2D eigenvalue weighted by molar-refractivity contribution is 0.415. The van der Waals surface area contributed by atoms with Gasteiger partial charge in [-0.25, -0.2) is 9.82 Å². The molecule has 17 heavy (non-hydrogen) atoms. The van der Waals surface area contributed by atoms with Crippen LogP contribution >= 0.6 is 11.6 Å². The highest BCUT2D eigenvalue weighted by Gasteiger charge is 2.14. The van der Waals surface area contributed by atoms with Crippen LogP contribution in [0.5, 0.6) is 0 Å². The van der Waals surface area contributed by atoms with Crippen LogP contribution in [0.15, 0.2) is 41.0 Å². The lowest BCUT2D eigenvalue weighted by Crippen LogP contribution is -2.29. The van der Waals surface area contributed by atoms with Crippen molar-refractivity contribution in [1.82, 2.24) is 5.43 Å². The number of benzene rings is 1. The van der Waals surface area contributed by atoms with E-state index in [0.29, 0.717) is 12.2 Å². The van der Waals surface area contributed by atoms with Crippen molar-refractivity contribution in [2.45, 2.75) is 12.5 Å². The average Bonchev–Trinajstić information content (AvgIpc) is 2.84. The molecule has 90 valence electrons. The predicted molar refractivity (Wildman–Crippen MR) is 63.9 cm³/mol. The van der Waals surface area contributed by atoms with Crippen molar-refractivity contribution in [2.24, 2.45) is 5.84 Å². The molecule has 0 bridgehead atoms. The van der Waals surface area contributed by atoms with Crippen LogP contribution in [-0.2, 0) is 6.42 Å². The second kappa shape index (κ2) is 5.31. The van der Waals surface area contributed by atoms with Crippen LogP contribution in [0.3, 0.4) is 0 Å². The van der Waals surface area contributed by atoms with Crippen LogP contribution < -0.4 is 11.3 Å². The maximum atomic E-state index is 13.3. The van der Waals surface area contributed by atoms with E-state index < -0.39 is 5.82 Å². The van der Waals surface area contributed by atoms with E-state index in [0.717, 1.165) is 5.56 Å². The first-order chi connectivity index (χ1) is 8.20. The highest BCUT2D eigenvalue weighted by Crippen LogP contribution is 2.21. The average molecular weight is 255 g/mol. The lowest BCUT2D eigenvalue weighted by Gasteiger charge is -2.13. The van der Waals surface area contributed by atoms with Crippen molar-refractivity contribution < 1.29 is 8.81 Å². The van der Waals surface area contributed by atoms with Crippen molar-refractivity contribution in [1.29, 1.82) is 0 Å². The number of halogens is 2. The minimum atomic E-state index is -0.431. The standard InChI is InChI=1S/C12H12ClFN2O/c13-9-4-3-8(6-10(9)14)7-11(16-15)12-2-1-5-17-12/h1-6,11,16H,7,15H2. The summed E-state index contributed by atoms with van der Waals surface area (Å²) >= 11 is 5.62. The number of nitrogens with one attached hydrogen (secondary N) is 1. The number of hydrogen-bond donors (Lipinski definition) is 2. The predicted octanol–water partition coefficient (Wildman–Crippen LogP) is 2.82. The second-order valence-electron chi connectivity index (χ2n) is 3.69. The summed E-state index contributed by atoms with van der Waals surface area (Å²) in [5.74, 6) is 5.73. The molecule has 0 fully saturated rings. The van der Waals surface area contributed by atoms with E-state index in [4.69, 9.17) is 21.9 Å². The van der Waals surface area contributed by atoms with Gasteiger partial charge < -0.3 is 4.42 Å². The Morgan fingerprint density at radius 3 is 2.82 bits per heavy atom. The largest absolute Gasteiger partial charge is 0.468 e. The molecule has 0 aliphatic carbocycles. The van der Waals surface area contributed by atoms with Crippen LogP contribution in [0.25, 0.3) is 0 Å². The Morgan fingerprint density at radius 1 is 1.41 bits per heavy atom. The van der Waals surface area contributed by atoms with E-state index in [-0.39, 0.29) is 11.1 Å². The van der Waals surface area contributed by atoms with Crippen LogP contribution in [0.1, 0.15) is 17.4 Å². The van der Waals surface area contributed by atoms with Gasteiger partial charge in [-0.2, -0.15) is 0 Å². The summed E-state index contributed by atoms with van der Waals surface area (Å²) in [5, 5.41) is 0.115. The summed E-state index contributed by atoms with van der Waals surface area (Å²) < 4.78 is 18.5. The third kappa shape index (κ3) is 2.85. The summed E-state index contributed by atoms with van der Waals surface area (Å²) in [6.07, 6.45) is 2.10. The fourth-order valence-corrected chi connectivity index (χ4v) is 1.75. The SMILES string of the molecule is NNC(Cc1ccc(Cl)c(F)c1)c1ccco1. The van der Waals surface area contributed by atoms with Crippen molar-refractivity contribution >= 4 is 11.6 Å². The topological polar surface area (TPSA) is 51.2 Å². The number of rotatable bonds is 4. The Labute approximate surface area is 103 Å². The number of furan rings is 1. The van der Waals surface area contributed by atoms with E-state index >= 15 is 0 Å². The molecule has 1 aromatic heterocycles. The van der Waals surface area contributed by atoms with Gasteiger partial charge in [-0.1, -0.05) is 17.7 Å². The van der Waals surface area contributed by atoms with Gasteiger partial charge in [-0.05, 0) is 36.2 Å². The Morgan fingerprint density at radius 2 is 2.24 bits per heavy atom. The molecule has 0 radical (unpaired) electrons. The monoisotopic (exact) mass is 254 g/mol. The molecular weight excluding hydrogens is 243 g/mol. The molecule has 0 saturated carbocycles. The number of hydrogen-bond acceptors (Lipinski definition) is 3. The summed E-state index contributed by atoms with van der Waals surface area (Å²) in [6, 6.07) is 8.10. The molecule has 0 aliphatic heterocycles. The maximum absolute atomic E-state index is 13.3. The summed E-state index contributed by atoms with van der Waals surface area (Å²) in [7, 11) is 0. The Bertz CT molecular complexity index is 487. The molecule has 0 saturated heterocycles. The molecule has 3 nitrogen and oxygen atoms in total. The van der Waals surface area contributed by atoms with E-state index in [1.165, 1.54) is 12.1 Å². The van der Waals surface area contributed by atoms with Gasteiger partial charge in [0.15, 0.2) is 0 Å². The number of nitrogens with two attached hydrogens (primary N) is 1. The third-order valence-electron chi connectivity index (χ3n) is 2.51. The first kappa shape index (κ1) is 12.1. The van der Waals surface area contributed by atoms with E-state index in [2.05, 4.69) is 5.43 Å². The second-order valence-corrected chi connectivity index (χ2v) is 4.09. The molecule has 0 amide bonds. The molecule has 1 atom stereocenters. The van der Waals surface area contributed by atoms with Crippen LogP contribution in [0.4, 0.5) is 4.39 Å². The van der Waals surface area contributed by atoms with Crippen LogP contribution in [0, 0.1) is 5.82 Å². The fraction of sp³-hybridized carbons (Fsp3) is 0.167. The first-order valence-corrected chi connectivity index (χ1v) is 5.52. The number of hydrazine groups is 1. The zero-order valence-electron chi connectivity index (χ0n) is 8.99. The molecule has 1 unspecified atom stereocenters. The molecule has 0 aliphatic rings. The summed E-state index contributed by atoms with van der Waals surface area (Å²) in [4.78, 5) is 0. The highest BCUT2D eigenvalue weighted by atomic mass is 35.5. The van der Waals surface area contributed by atoms with Gasteiger partial charge in [0.1, 0.15) is 11.6 Å². The van der Waals surface area contributed by atoms with E-state index in [1.807, 2.05) is 6.07 Å². The van der Waals surface area contributed by atoms with Crippen molar-refractivity contribution in [3.05, 3.63) is 58.8 Å². The molecule has 0 spiro atoms. The molecule has 1 aromatic carbocycles. The molecular formula is C12H12ClFN2O. The minimum Gasteiger partial charge on any atom is -0.468 e. The zero-order chi connectivity index (χ0) is 12.3. The quantitative estimate of drug-likeness (QED) is 0.652. The lowest BCUT2D eigenvalue weighted by atomic mass is 10.0. The smallest absolute Gasteiger partial charge is 0.142 e. The Balaban J connectivity index is 2.16. The zero-order valence-corrected chi connectivity index (χ0v) is 9.75. The highest BCUT2D eigenvalue weighted by molar-refractivity contribution is 6.30. The Kier molecular flexibility index (Phi) is 3.78. The Hall–Kier alpha value is -1.36. The van der Waals surface area contributed by atoms with Gasteiger partial charge in [-0.15, -0.1) is 0 Å². The first-order valence-electron chi connectivity index (χ1n) is 5.14. The van der Waals surface area contributed by atoms with Crippen LogP contribution in [-0.4, -0.2) is 0 Å². The summed E-state index contributed by atoms with van der Waals surface area (Å²) in [6.45, 7) is 0. The minimum absolute atomic E-state index is 0.115. The van der Waals surface area contributed by atoms with E-state index in [9.17, 15) is 4.39 Å².